The van der Waals surface area contributed by atoms with Gasteiger partial charge in [-0.3, -0.25) is 4.90 Å². The molecule has 16 heavy (non-hydrogen) atoms. The van der Waals surface area contributed by atoms with E-state index in [1.807, 2.05) is 6.92 Å². The highest BCUT2D eigenvalue weighted by atomic mass is 19.4. The van der Waals surface area contributed by atoms with Gasteiger partial charge >= 0.3 is 6.18 Å². The van der Waals surface area contributed by atoms with Crippen molar-refractivity contribution in [2.45, 2.75) is 45.8 Å². The number of nitrogens with zero attached hydrogens (tertiary/aromatic N) is 1. The quantitative estimate of drug-likeness (QED) is 0.701. The average Bonchev–Trinajstić information content (AvgIpc) is 2.15. The van der Waals surface area contributed by atoms with Crippen molar-refractivity contribution < 1.29 is 13.2 Å². The van der Waals surface area contributed by atoms with Crippen molar-refractivity contribution in [1.29, 1.82) is 0 Å². The molecule has 0 aliphatic carbocycles. The summed E-state index contributed by atoms with van der Waals surface area (Å²) >= 11 is 0. The zero-order valence-corrected chi connectivity index (χ0v) is 10.4. The van der Waals surface area contributed by atoms with Gasteiger partial charge in [0.25, 0.3) is 0 Å². The van der Waals surface area contributed by atoms with Gasteiger partial charge in [-0.2, -0.15) is 13.2 Å². The van der Waals surface area contributed by atoms with Gasteiger partial charge in [0.2, 0.25) is 0 Å². The SMILES string of the molecule is CCCN(CCC)C(C)CNCC(F)(F)F. The maximum Gasteiger partial charge on any atom is 0.401 e. The zero-order valence-electron chi connectivity index (χ0n) is 10.4. The fourth-order valence-corrected chi connectivity index (χ4v) is 1.68. The predicted octanol–water partition coefficient (Wildman–Crippen LogP) is 2.65. The second-order valence-electron chi connectivity index (χ2n) is 4.13. The highest BCUT2D eigenvalue weighted by Gasteiger charge is 2.26. The maximum absolute atomic E-state index is 11.9. The molecule has 1 unspecified atom stereocenters. The van der Waals surface area contributed by atoms with Crippen LogP contribution in [0.3, 0.4) is 0 Å². The van der Waals surface area contributed by atoms with E-state index >= 15 is 0 Å². The van der Waals surface area contributed by atoms with Crippen LogP contribution in [0.25, 0.3) is 0 Å². The minimum absolute atomic E-state index is 0.155. The van der Waals surface area contributed by atoms with Gasteiger partial charge in [0.1, 0.15) is 0 Å². The molecule has 0 rings (SSSR count). The maximum atomic E-state index is 11.9. The number of hydrogen-bond acceptors (Lipinski definition) is 2. The van der Waals surface area contributed by atoms with Crippen LogP contribution in [0.2, 0.25) is 0 Å². The molecular formula is C11H23F3N2. The molecule has 0 bridgehead atoms. The summed E-state index contributed by atoms with van der Waals surface area (Å²) in [4.78, 5) is 2.23. The Balaban J connectivity index is 3.86. The average molecular weight is 240 g/mol. The van der Waals surface area contributed by atoms with Gasteiger partial charge in [0, 0.05) is 12.6 Å². The van der Waals surface area contributed by atoms with Crippen molar-refractivity contribution in [2.24, 2.45) is 0 Å². The molecule has 0 heterocycles. The molecule has 98 valence electrons. The van der Waals surface area contributed by atoms with Gasteiger partial charge in [-0.1, -0.05) is 13.8 Å². The van der Waals surface area contributed by atoms with E-state index in [1.165, 1.54) is 0 Å². The lowest BCUT2D eigenvalue weighted by atomic mass is 10.2. The van der Waals surface area contributed by atoms with Crippen LogP contribution in [0.5, 0.6) is 0 Å². The third-order valence-corrected chi connectivity index (χ3v) is 2.41. The second kappa shape index (κ2) is 7.90. The van der Waals surface area contributed by atoms with Gasteiger partial charge in [0.15, 0.2) is 0 Å². The first-order valence-electron chi connectivity index (χ1n) is 5.92. The smallest absolute Gasteiger partial charge is 0.307 e. The summed E-state index contributed by atoms with van der Waals surface area (Å²) < 4.78 is 35.8. The van der Waals surface area contributed by atoms with Crippen LogP contribution in [-0.2, 0) is 0 Å². The van der Waals surface area contributed by atoms with E-state index in [2.05, 4.69) is 24.1 Å². The van der Waals surface area contributed by atoms with Gasteiger partial charge < -0.3 is 5.32 Å². The lowest BCUT2D eigenvalue weighted by Gasteiger charge is -2.28. The minimum atomic E-state index is -4.11. The Morgan fingerprint density at radius 1 is 1.12 bits per heavy atom. The van der Waals surface area contributed by atoms with Crippen LogP contribution in [0, 0.1) is 0 Å². The third kappa shape index (κ3) is 7.93. The van der Waals surface area contributed by atoms with Crippen LogP contribution in [-0.4, -0.2) is 43.3 Å². The molecule has 0 aromatic rings. The molecule has 0 amide bonds. The molecule has 2 nitrogen and oxygen atoms in total. The first kappa shape index (κ1) is 15.7. The van der Waals surface area contributed by atoms with E-state index in [9.17, 15) is 13.2 Å². The van der Waals surface area contributed by atoms with Gasteiger partial charge in [0.05, 0.1) is 6.54 Å². The lowest BCUT2D eigenvalue weighted by Crippen LogP contribution is -2.43. The molecular weight excluding hydrogens is 217 g/mol. The van der Waals surface area contributed by atoms with Crippen molar-refractivity contribution in [3.8, 4) is 0 Å². The molecule has 0 aliphatic heterocycles. The van der Waals surface area contributed by atoms with Crippen LogP contribution in [0.4, 0.5) is 13.2 Å². The van der Waals surface area contributed by atoms with E-state index in [1.54, 1.807) is 0 Å². The van der Waals surface area contributed by atoms with E-state index < -0.39 is 12.7 Å². The molecule has 5 heteroatoms. The van der Waals surface area contributed by atoms with Crippen molar-refractivity contribution in [3.05, 3.63) is 0 Å². The Hall–Kier alpha value is -0.290. The lowest BCUT2D eigenvalue weighted by molar-refractivity contribution is -0.125. The molecule has 0 radical (unpaired) electrons. The van der Waals surface area contributed by atoms with Gasteiger partial charge in [-0.05, 0) is 32.9 Å². The summed E-state index contributed by atoms with van der Waals surface area (Å²) in [7, 11) is 0. The summed E-state index contributed by atoms with van der Waals surface area (Å²) in [5, 5.41) is 2.46. The van der Waals surface area contributed by atoms with E-state index in [0.29, 0.717) is 6.54 Å². The first-order valence-corrected chi connectivity index (χ1v) is 5.92. The third-order valence-electron chi connectivity index (χ3n) is 2.41. The number of alkyl halides is 3. The Kier molecular flexibility index (Phi) is 7.76. The van der Waals surface area contributed by atoms with E-state index in [4.69, 9.17) is 0 Å². The van der Waals surface area contributed by atoms with Crippen LogP contribution in [0.1, 0.15) is 33.6 Å². The molecule has 0 saturated heterocycles. The van der Waals surface area contributed by atoms with Gasteiger partial charge in [-0.25, -0.2) is 0 Å². The van der Waals surface area contributed by atoms with Crippen molar-refractivity contribution >= 4 is 0 Å². The molecule has 0 aliphatic rings. The second-order valence-corrected chi connectivity index (χ2v) is 4.13. The molecule has 0 fully saturated rings. The summed E-state index contributed by atoms with van der Waals surface area (Å²) in [6.07, 6.45) is -2.05. The van der Waals surface area contributed by atoms with Gasteiger partial charge in [-0.15, -0.1) is 0 Å². The largest absolute Gasteiger partial charge is 0.401 e. The van der Waals surface area contributed by atoms with Crippen molar-refractivity contribution in [1.82, 2.24) is 10.2 Å². The number of hydrogen-bond donors (Lipinski definition) is 1. The van der Waals surface area contributed by atoms with E-state index in [-0.39, 0.29) is 6.04 Å². The van der Waals surface area contributed by atoms with Crippen LogP contribution < -0.4 is 5.32 Å². The summed E-state index contributed by atoms with van der Waals surface area (Å²) in [6, 6.07) is 0.155. The van der Waals surface area contributed by atoms with E-state index in [0.717, 1.165) is 25.9 Å². The normalized spacial score (nSPS) is 14.4. The first-order chi connectivity index (χ1) is 7.40. The molecule has 0 aromatic heterocycles. The number of nitrogens with one attached hydrogen (secondary N) is 1. The molecule has 1 atom stereocenters. The number of rotatable bonds is 8. The van der Waals surface area contributed by atoms with Crippen LogP contribution in [0.15, 0.2) is 0 Å². The number of halogens is 3. The topological polar surface area (TPSA) is 15.3 Å². The Labute approximate surface area is 96.2 Å². The highest BCUT2D eigenvalue weighted by Crippen LogP contribution is 2.12. The van der Waals surface area contributed by atoms with Crippen molar-refractivity contribution in [3.63, 3.8) is 0 Å². The zero-order chi connectivity index (χ0) is 12.6. The summed E-state index contributed by atoms with van der Waals surface area (Å²) in [5.74, 6) is 0. The van der Waals surface area contributed by atoms with Crippen LogP contribution >= 0.6 is 0 Å². The summed E-state index contributed by atoms with van der Waals surface area (Å²) in [6.45, 7) is 7.51. The molecule has 0 spiro atoms. The Morgan fingerprint density at radius 3 is 2.00 bits per heavy atom. The molecule has 0 aromatic carbocycles. The standard InChI is InChI=1S/C11H23F3N2/c1-4-6-16(7-5-2)10(3)8-15-9-11(12,13)14/h10,15H,4-9H2,1-3H3. The predicted molar refractivity (Wildman–Crippen MR) is 60.5 cm³/mol. The highest BCUT2D eigenvalue weighted by molar-refractivity contribution is 4.70. The molecule has 0 saturated carbocycles. The monoisotopic (exact) mass is 240 g/mol. The summed E-state index contributed by atoms with van der Waals surface area (Å²) in [5.41, 5.74) is 0. The Morgan fingerprint density at radius 2 is 1.62 bits per heavy atom. The molecule has 1 N–H and O–H groups in total. The fraction of sp³-hybridized carbons (Fsp3) is 1.00. The fourth-order valence-electron chi connectivity index (χ4n) is 1.68. The minimum Gasteiger partial charge on any atom is -0.307 e. The van der Waals surface area contributed by atoms with Crippen molar-refractivity contribution in [2.75, 3.05) is 26.2 Å². The Bertz CT molecular complexity index is 165.